The molecule has 0 unspecified atom stereocenters. The van der Waals surface area contributed by atoms with Crippen molar-refractivity contribution in [3.63, 3.8) is 0 Å². The second kappa shape index (κ2) is 5.73. The van der Waals surface area contributed by atoms with Gasteiger partial charge in [0.1, 0.15) is 17.3 Å². The lowest BCUT2D eigenvalue weighted by Gasteiger charge is -2.12. The van der Waals surface area contributed by atoms with E-state index in [-0.39, 0.29) is 0 Å². The summed E-state index contributed by atoms with van der Waals surface area (Å²) in [5.74, 6) is 2.27. The van der Waals surface area contributed by atoms with E-state index in [0.29, 0.717) is 5.82 Å². The van der Waals surface area contributed by atoms with E-state index in [2.05, 4.69) is 39.1 Å². The van der Waals surface area contributed by atoms with Crippen molar-refractivity contribution in [3.8, 4) is 11.5 Å². The van der Waals surface area contributed by atoms with Crippen molar-refractivity contribution in [2.75, 3.05) is 11.9 Å². The topological polar surface area (TPSA) is 63.6 Å². The maximum absolute atomic E-state index is 4.60. The first-order valence-corrected chi connectivity index (χ1v) is 6.57. The summed E-state index contributed by atoms with van der Waals surface area (Å²) in [4.78, 5) is 17.7. The average molecular weight is 257 g/mol. The van der Waals surface area contributed by atoms with Crippen LogP contribution in [0.2, 0.25) is 0 Å². The second-order valence-electron chi connectivity index (χ2n) is 4.34. The summed E-state index contributed by atoms with van der Waals surface area (Å²) >= 11 is 0. The quantitative estimate of drug-likeness (QED) is 0.912. The van der Waals surface area contributed by atoms with Gasteiger partial charge in [0.25, 0.3) is 0 Å². The third-order valence-electron chi connectivity index (χ3n) is 2.93. The Morgan fingerprint density at radius 1 is 1.11 bits per heavy atom. The number of aromatic nitrogens is 4. The lowest BCUT2D eigenvalue weighted by Crippen LogP contribution is -2.08. The molecule has 2 aromatic heterocycles. The van der Waals surface area contributed by atoms with Crippen LogP contribution in [0.3, 0.4) is 0 Å². The minimum atomic E-state index is 0.656. The van der Waals surface area contributed by atoms with Crippen molar-refractivity contribution in [2.24, 2.45) is 0 Å². The molecular formula is C14H19N5. The molecule has 0 fully saturated rings. The lowest BCUT2D eigenvalue weighted by atomic mass is 10.2. The van der Waals surface area contributed by atoms with Gasteiger partial charge in [0.2, 0.25) is 0 Å². The molecule has 0 aliphatic carbocycles. The van der Waals surface area contributed by atoms with Crippen LogP contribution in [-0.2, 0) is 6.42 Å². The predicted molar refractivity (Wildman–Crippen MR) is 76.1 cm³/mol. The first-order chi connectivity index (χ1) is 9.15. The number of hydrogen-bond donors (Lipinski definition) is 1. The highest BCUT2D eigenvalue weighted by molar-refractivity contribution is 5.56. The van der Waals surface area contributed by atoms with Crippen LogP contribution in [0.1, 0.15) is 30.9 Å². The van der Waals surface area contributed by atoms with Crippen LogP contribution in [0.25, 0.3) is 11.5 Å². The number of rotatable bonds is 4. The molecule has 0 aliphatic rings. The molecule has 0 aliphatic heterocycles. The Kier molecular flexibility index (Phi) is 4.04. The third-order valence-corrected chi connectivity index (χ3v) is 2.93. The third kappa shape index (κ3) is 2.86. The summed E-state index contributed by atoms with van der Waals surface area (Å²) in [6, 6.07) is 1.84. The van der Waals surface area contributed by atoms with Crippen molar-refractivity contribution >= 4 is 5.82 Å². The molecule has 0 spiro atoms. The van der Waals surface area contributed by atoms with Crippen LogP contribution in [0.5, 0.6) is 0 Å². The number of aryl methyl sites for hydroxylation is 2. The molecule has 0 bridgehead atoms. The van der Waals surface area contributed by atoms with Crippen molar-refractivity contribution in [3.05, 3.63) is 29.3 Å². The van der Waals surface area contributed by atoms with Crippen molar-refractivity contribution in [2.45, 2.75) is 34.1 Å². The van der Waals surface area contributed by atoms with E-state index in [1.165, 1.54) is 0 Å². The molecule has 19 heavy (non-hydrogen) atoms. The molecule has 100 valence electrons. The molecule has 0 atom stereocenters. The molecule has 5 heteroatoms. The van der Waals surface area contributed by atoms with Gasteiger partial charge in [-0.3, -0.25) is 0 Å². The van der Waals surface area contributed by atoms with E-state index in [1.807, 2.05) is 19.9 Å². The highest BCUT2D eigenvalue weighted by Crippen LogP contribution is 2.21. The average Bonchev–Trinajstić information content (AvgIpc) is 2.41. The van der Waals surface area contributed by atoms with E-state index >= 15 is 0 Å². The largest absolute Gasteiger partial charge is 0.370 e. The van der Waals surface area contributed by atoms with Gasteiger partial charge in [-0.1, -0.05) is 6.92 Å². The maximum atomic E-state index is 4.60. The number of hydrogen-bond acceptors (Lipinski definition) is 5. The molecule has 1 N–H and O–H groups in total. The van der Waals surface area contributed by atoms with Gasteiger partial charge in [-0.15, -0.1) is 0 Å². The Bertz CT molecular complexity index is 580. The number of anilines is 1. The van der Waals surface area contributed by atoms with E-state index in [4.69, 9.17) is 0 Å². The van der Waals surface area contributed by atoms with Gasteiger partial charge in [0, 0.05) is 24.0 Å². The van der Waals surface area contributed by atoms with Crippen LogP contribution < -0.4 is 5.32 Å². The highest BCUT2D eigenvalue weighted by atomic mass is 15.0. The fourth-order valence-corrected chi connectivity index (χ4v) is 1.94. The Morgan fingerprint density at radius 3 is 2.53 bits per heavy atom. The molecule has 2 rings (SSSR count). The van der Waals surface area contributed by atoms with Crippen LogP contribution in [0.4, 0.5) is 5.82 Å². The highest BCUT2D eigenvalue weighted by Gasteiger charge is 2.11. The molecule has 0 amide bonds. The summed E-state index contributed by atoms with van der Waals surface area (Å²) in [5.41, 5.74) is 2.93. The summed E-state index contributed by atoms with van der Waals surface area (Å²) in [6.45, 7) is 8.90. The molecule has 0 radical (unpaired) electrons. The fraction of sp³-hybridized carbons (Fsp3) is 0.429. The van der Waals surface area contributed by atoms with Crippen molar-refractivity contribution < 1.29 is 0 Å². The summed E-state index contributed by atoms with van der Waals surface area (Å²) in [7, 11) is 0. The molecule has 2 heterocycles. The minimum Gasteiger partial charge on any atom is -0.370 e. The van der Waals surface area contributed by atoms with Gasteiger partial charge in [-0.25, -0.2) is 19.9 Å². The van der Waals surface area contributed by atoms with Gasteiger partial charge in [0.15, 0.2) is 5.82 Å². The van der Waals surface area contributed by atoms with Gasteiger partial charge in [-0.2, -0.15) is 0 Å². The minimum absolute atomic E-state index is 0.656. The zero-order valence-electron chi connectivity index (χ0n) is 11.9. The zero-order chi connectivity index (χ0) is 13.8. The first kappa shape index (κ1) is 13.4. The van der Waals surface area contributed by atoms with Crippen LogP contribution >= 0.6 is 0 Å². The Labute approximate surface area is 113 Å². The van der Waals surface area contributed by atoms with Gasteiger partial charge in [0.05, 0.1) is 0 Å². The van der Waals surface area contributed by atoms with E-state index in [0.717, 1.165) is 41.6 Å². The normalized spacial score (nSPS) is 10.5. The molecule has 5 nitrogen and oxygen atoms in total. The summed E-state index contributed by atoms with van der Waals surface area (Å²) in [6.07, 6.45) is 2.61. The number of nitrogens with zero attached hydrogens (tertiary/aromatic N) is 4. The maximum Gasteiger partial charge on any atom is 0.180 e. The predicted octanol–water partition coefficient (Wildman–Crippen LogP) is 2.54. The van der Waals surface area contributed by atoms with E-state index in [1.54, 1.807) is 6.20 Å². The van der Waals surface area contributed by atoms with E-state index < -0.39 is 0 Å². The standard InChI is InChI=1S/C14H19N5/c1-5-11-9(3)13(15-6-2)19-14(18-11)12-7-8-16-10(4)17-12/h7-8H,5-6H2,1-4H3,(H,15,18,19). The van der Waals surface area contributed by atoms with Crippen molar-refractivity contribution in [1.82, 2.24) is 19.9 Å². The monoisotopic (exact) mass is 257 g/mol. The van der Waals surface area contributed by atoms with Gasteiger partial charge >= 0.3 is 0 Å². The lowest BCUT2D eigenvalue weighted by molar-refractivity contribution is 0.955. The number of nitrogens with one attached hydrogen (secondary N) is 1. The molecule has 2 aromatic rings. The molecule has 0 aromatic carbocycles. The SMILES string of the molecule is CCNc1nc(-c2ccnc(C)n2)nc(CC)c1C. The van der Waals surface area contributed by atoms with Gasteiger partial charge in [-0.05, 0) is 33.3 Å². The Morgan fingerprint density at radius 2 is 1.89 bits per heavy atom. The summed E-state index contributed by atoms with van der Waals surface area (Å²) < 4.78 is 0. The van der Waals surface area contributed by atoms with Crippen LogP contribution in [0, 0.1) is 13.8 Å². The zero-order valence-corrected chi connectivity index (χ0v) is 11.9. The molecule has 0 saturated heterocycles. The van der Waals surface area contributed by atoms with Crippen LogP contribution in [0.15, 0.2) is 12.3 Å². The fourth-order valence-electron chi connectivity index (χ4n) is 1.94. The van der Waals surface area contributed by atoms with Crippen molar-refractivity contribution in [1.29, 1.82) is 0 Å². The Balaban J connectivity index is 2.54. The smallest absolute Gasteiger partial charge is 0.180 e. The molecule has 0 saturated carbocycles. The van der Waals surface area contributed by atoms with Crippen LogP contribution in [-0.4, -0.2) is 26.5 Å². The van der Waals surface area contributed by atoms with Gasteiger partial charge < -0.3 is 5.32 Å². The Hall–Kier alpha value is -2.04. The summed E-state index contributed by atoms with van der Waals surface area (Å²) in [5, 5.41) is 3.28. The van der Waals surface area contributed by atoms with E-state index in [9.17, 15) is 0 Å². The second-order valence-corrected chi connectivity index (χ2v) is 4.34. The first-order valence-electron chi connectivity index (χ1n) is 6.57. The molecular weight excluding hydrogens is 238 g/mol.